The summed E-state index contributed by atoms with van der Waals surface area (Å²) in [5.74, 6) is 0.337. The average Bonchev–Trinajstić information content (AvgIpc) is 3.27. The number of nitrogens with zero attached hydrogens (tertiary/aromatic N) is 3. The number of anilines is 2. The van der Waals surface area contributed by atoms with Crippen LogP contribution in [-0.2, 0) is 9.47 Å². The lowest BCUT2D eigenvalue weighted by Crippen LogP contribution is -2.41. The third-order valence-electron chi connectivity index (χ3n) is 6.12. The van der Waals surface area contributed by atoms with Gasteiger partial charge in [-0.3, -0.25) is 4.98 Å². The second-order valence-corrected chi connectivity index (χ2v) is 9.91. The van der Waals surface area contributed by atoms with Crippen LogP contribution in [0.2, 0.25) is 0 Å². The number of hydrogen-bond donors (Lipinski definition) is 2. The van der Waals surface area contributed by atoms with Gasteiger partial charge in [-0.05, 0) is 58.1 Å². The Hall–Kier alpha value is -3.88. The first kappa shape index (κ1) is 25.2. The molecular weight excluding hydrogens is 458 g/mol. The molecule has 3 aromatic rings. The molecule has 0 unspecified atom stereocenters. The number of pyridine rings is 1. The van der Waals surface area contributed by atoms with Gasteiger partial charge >= 0.3 is 12.1 Å². The number of carbonyl (C=O) groups excluding carboxylic acids is 2. The highest BCUT2D eigenvalue weighted by molar-refractivity contribution is 5.96. The molecule has 190 valence electrons. The van der Waals surface area contributed by atoms with Gasteiger partial charge in [-0.25, -0.2) is 14.3 Å². The van der Waals surface area contributed by atoms with E-state index in [1.54, 1.807) is 18.5 Å². The molecule has 1 aliphatic rings. The van der Waals surface area contributed by atoms with Crippen LogP contribution in [0.25, 0.3) is 11.1 Å². The van der Waals surface area contributed by atoms with Gasteiger partial charge in [-0.2, -0.15) is 5.10 Å². The second-order valence-electron chi connectivity index (χ2n) is 9.91. The number of carbonyl (C=O) groups is 2. The second kappa shape index (κ2) is 10.8. The van der Waals surface area contributed by atoms with Crippen LogP contribution >= 0.6 is 0 Å². The molecule has 1 amide bonds. The number of hydrogen-bond acceptors (Lipinski definition) is 7. The minimum atomic E-state index is -0.528. The maximum atomic E-state index is 12.4. The van der Waals surface area contributed by atoms with E-state index in [0.29, 0.717) is 11.3 Å². The van der Waals surface area contributed by atoms with E-state index in [1.807, 2.05) is 62.0 Å². The smallest absolute Gasteiger partial charge is 0.407 e. The number of esters is 1. The molecule has 36 heavy (non-hydrogen) atoms. The van der Waals surface area contributed by atoms with Gasteiger partial charge in [0.25, 0.3) is 0 Å². The van der Waals surface area contributed by atoms with E-state index in [2.05, 4.69) is 15.6 Å². The lowest BCUT2D eigenvalue weighted by molar-refractivity contribution is 0.0486. The Morgan fingerprint density at radius 1 is 1.03 bits per heavy atom. The normalized spacial score (nSPS) is 17.8. The van der Waals surface area contributed by atoms with Gasteiger partial charge < -0.3 is 20.1 Å². The molecule has 0 aliphatic heterocycles. The zero-order valence-electron chi connectivity index (χ0n) is 21.2. The van der Waals surface area contributed by atoms with Gasteiger partial charge in [0.2, 0.25) is 0 Å². The lowest BCUT2D eigenvalue weighted by atomic mass is 9.91. The molecule has 0 bridgehead atoms. The number of methoxy groups -OCH3 is 1. The minimum absolute atomic E-state index is 0.0564. The molecule has 1 fully saturated rings. The largest absolute Gasteiger partial charge is 0.465 e. The summed E-state index contributed by atoms with van der Waals surface area (Å²) in [6, 6.07) is 11.8. The maximum Gasteiger partial charge on any atom is 0.407 e. The van der Waals surface area contributed by atoms with E-state index in [4.69, 9.17) is 14.6 Å². The summed E-state index contributed by atoms with van der Waals surface area (Å²) in [4.78, 5) is 28.8. The van der Waals surface area contributed by atoms with Crippen LogP contribution in [0.4, 0.5) is 16.3 Å². The fourth-order valence-electron chi connectivity index (χ4n) is 4.44. The summed E-state index contributed by atoms with van der Waals surface area (Å²) >= 11 is 0. The van der Waals surface area contributed by atoms with Crippen LogP contribution in [0.15, 0.2) is 55.0 Å². The van der Waals surface area contributed by atoms with Crippen molar-refractivity contribution >= 4 is 23.6 Å². The van der Waals surface area contributed by atoms with Crippen molar-refractivity contribution in [3.63, 3.8) is 0 Å². The predicted octanol–water partition coefficient (Wildman–Crippen LogP) is 5.48. The molecule has 2 heterocycles. The van der Waals surface area contributed by atoms with E-state index in [9.17, 15) is 9.59 Å². The summed E-state index contributed by atoms with van der Waals surface area (Å²) in [5.41, 5.74) is 2.34. The fourth-order valence-corrected chi connectivity index (χ4v) is 4.44. The molecule has 0 atom stereocenters. The first-order valence-corrected chi connectivity index (χ1v) is 12.2. The molecule has 0 radical (unpaired) electrons. The van der Waals surface area contributed by atoms with Gasteiger partial charge in [0.05, 0.1) is 36.8 Å². The minimum Gasteiger partial charge on any atom is -0.465 e. The topological polar surface area (TPSA) is 107 Å². The third-order valence-corrected chi connectivity index (χ3v) is 6.12. The van der Waals surface area contributed by atoms with Crippen molar-refractivity contribution < 1.29 is 19.1 Å². The van der Waals surface area contributed by atoms with Crippen molar-refractivity contribution in [2.75, 3.05) is 12.4 Å². The molecule has 1 aromatic carbocycles. The van der Waals surface area contributed by atoms with Crippen LogP contribution in [0.1, 0.15) is 62.9 Å². The highest BCUT2D eigenvalue weighted by Crippen LogP contribution is 2.37. The highest BCUT2D eigenvalue weighted by atomic mass is 16.6. The van der Waals surface area contributed by atoms with Gasteiger partial charge in [0.1, 0.15) is 11.4 Å². The van der Waals surface area contributed by atoms with Crippen LogP contribution in [0.5, 0.6) is 0 Å². The number of rotatable bonds is 6. The first-order chi connectivity index (χ1) is 17.2. The molecule has 9 heteroatoms. The predicted molar refractivity (Wildman–Crippen MR) is 137 cm³/mol. The SMILES string of the molecule is COC(=O)c1ccncc1Nc1c(-c2ccccc2)cnn1C1CCC(NC(=O)OC(C)(C)C)CC1. The van der Waals surface area contributed by atoms with Crippen LogP contribution in [0.3, 0.4) is 0 Å². The third kappa shape index (κ3) is 6.02. The van der Waals surface area contributed by atoms with Crippen molar-refractivity contribution in [3.05, 3.63) is 60.6 Å². The summed E-state index contributed by atoms with van der Waals surface area (Å²) in [7, 11) is 1.36. The van der Waals surface area contributed by atoms with Gasteiger partial charge in [0, 0.05) is 17.8 Å². The van der Waals surface area contributed by atoms with E-state index >= 15 is 0 Å². The number of benzene rings is 1. The van der Waals surface area contributed by atoms with Gasteiger partial charge in [-0.15, -0.1) is 0 Å². The van der Waals surface area contributed by atoms with E-state index in [1.165, 1.54) is 7.11 Å². The van der Waals surface area contributed by atoms with Crippen molar-refractivity contribution in [1.29, 1.82) is 0 Å². The number of amides is 1. The summed E-state index contributed by atoms with van der Waals surface area (Å²) in [6.07, 6.45) is 7.92. The van der Waals surface area contributed by atoms with Crippen molar-refractivity contribution in [2.24, 2.45) is 0 Å². The van der Waals surface area contributed by atoms with Crippen LogP contribution in [0, 0.1) is 0 Å². The average molecular weight is 492 g/mol. The van der Waals surface area contributed by atoms with Gasteiger partial charge in [0.15, 0.2) is 0 Å². The number of ether oxygens (including phenoxy) is 2. The number of nitrogens with one attached hydrogen (secondary N) is 2. The zero-order valence-corrected chi connectivity index (χ0v) is 21.2. The van der Waals surface area contributed by atoms with E-state index in [0.717, 1.165) is 42.6 Å². The molecule has 1 saturated carbocycles. The highest BCUT2D eigenvalue weighted by Gasteiger charge is 2.28. The zero-order chi connectivity index (χ0) is 25.7. The summed E-state index contributed by atoms with van der Waals surface area (Å²) < 4.78 is 12.4. The Morgan fingerprint density at radius 3 is 2.42 bits per heavy atom. The molecule has 0 spiro atoms. The van der Waals surface area contributed by atoms with Crippen molar-refractivity contribution in [1.82, 2.24) is 20.1 Å². The Kier molecular flexibility index (Phi) is 7.57. The van der Waals surface area contributed by atoms with E-state index in [-0.39, 0.29) is 18.2 Å². The molecule has 0 saturated heterocycles. The molecule has 9 nitrogen and oxygen atoms in total. The van der Waals surface area contributed by atoms with E-state index < -0.39 is 11.6 Å². The van der Waals surface area contributed by atoms with Crippen molar-refractivity contribution in [2.45, 2.75) is 64.1 Å². The van der Waals surface area contributed by atoms with Crippen LogP contribution < -0.4 is 10.6 Å². The molecular formula is C27H33N5O4. The summed E-state index contributed by atoms with van der Waals surface area (Å²) in [6.45, 7) is 5.57. The maximum absolute atomic E-state index is 12.4. The quantitative estimate of drug-likeness (QED) is 0.439. The number of alkyl carbamates (subject to hydrolysis) is 1. The van der Waals surface area contributed by atoms with Gasteiger partial charge in [-0.1, -0.05) is 30.3 Å². The summed E-state index contributed by atoms with van der Waals surface area (Å²) in [5, 5.41) is 11.2. The van der Waals surface area contributed by atoms with Crippen molar-refractivity contribution in [3.8, 4) is 11.1 Å². The monoisotopic (exact) mass is 491 g/mol. The molecule has 2 N–H and O–H groups in total. The molecule has 1 aliphatic carbocycles. The Balaban J connectivity index is 1.58. The van der Waals surface area contributed by atoms with Crippen LogP contribution in [-0.4, -0.2) is 45.6 Å². The Bertz CT molecular complexity index is 1190. The Labute approximate surface area is 211 Å². The first-order valence-electron chi connectivity index (χ1n) is 12.2. The standard InChI is InChI=1S/C27H33N5O4/c1-27(2,3)36-26(34)30-19-10-12-20(13-11-19)32-24(22(16-29-32)18-8-6-5-7-9-18)31-23-17-28-15-14-21(23)25(33)35-4/h5-9,14-17,19-20,31H,10-13H2,1-4H3,(H,30,34). The molecule has 2 aromatic heterocycles. The Morgan fingerprint density at radius 2 is 1.75 bits per heavy atom. The lowest BCUT2D eigenvalue weighted by Gasteiger charge is -2.31. The molecule has 4 rings (SSSR count). The number of aromatic nitrogens is 3. The fraction of sp³-hybridized carbons (Fsp3) is 0.407.